The van der Waals surface area contributed by atoms with Crippen molar-refractivity contribution in [3.63, 3.8) is 0 Å². The highest BCUT2D eigenvalue weighted by molar-refractivity contribution is 7.14. The van der Waals surface area contributed by atoms with Crippen LogP contribution in [0.1, 0.15) is 5.56 Å². The summed E-state index contributed by atoms with van der Waals surface area (Å²) in [5.41, 5.74) is 4.29. The molecule has 6 heteroatoms. The van der Waals surface area contributed by atoms with Gasteiger partial charge in [-0.05, 0) is 36.4 Å². The quantitative estimate of drug-likeness (QED) is 0.618. The minimum Gasteiger partial charge on any atom is -0.332 e. The van der Waals surface area contributed by atoms with Gasteiger partial charge in [-0.25, -0.2) is 9.97 Å². The van der Waals surface area contributed by atoms with Gasteiger partial charge in [0.15, 0.2) is 5.13 Å². The fraction of sp³-hybridized carbons (Fsp3) is 0. The molecule has 0 radical (unpaired) electrons. The van der Waals surface area contributed by atoms with Crippen molar-refractivity contribution in [3.8, 4) is 17.5 Å². The summed E-state index contributed by atoms with van der Waals surface area (Å²) in [5, 5.41) is 14.9. The first-order valence-electron chi connectivity index (χ1n) is 6.99. The summed E-state index contributed by atoms with van der Waals surface area (Å²) in [6, 6.07) is 15.3. The molecular weight excluding hydrogens is 306 g/mol. The fourth-order valence-electron chi connectivity index (χ4n) is 2.32. The maximum atomic E-state index is 8.82. The number of hydrogen-bond acceptors (Lipinski definition) is 5. The molecule has 0 aliphatic carbocycles. The maximum Gasteiger partial charge on any atom is 0.187 e. The number of aromatic nitrogens is 3. The van der Waals surface area contributed by atoms with Crippen molar-refractivity contribution >= 4 is 27.8 Å². The molecule has 0 fully saturated rings. The van der Waals surface area contributed by atoms with E-state index < -0.39 is 0 Å². The Morgan fingerprint density at radius 3 is 2.83 bits per heavy atom. The molecule has 1 N–H and O–H groups in total. The van der Waals surface area contributed by atoms with Gasteiger partial charge < -0.3 is 5.32 Å². The van der Waals surface area contributed by atoms with E-state index in [9.17, 15) is 0 Å². The summed E-state index contributed by atoms with van der Waals surface area (Å²) in [7, 11) is 0. The van der Waals surface area contributed by atoms with Crippen LogP contribution in [0, 0.1) is 11.3 Å². The number of nitriles is 1. The SMILES string of the molecule is N#Cc1ccc(Nc2nc(-c3cnc4ccccn34)cs2)cc1. The number of pyridine rings is 1. The van der Waals surface area contributed by atoms with E-state index in [0.29, 0.717) is 5.56 Å². The van der Waals surface area contributed by atoms with Crippen molar-refractivity contribution in [3.05, 3.63) is 65.8 Å². The fourth-order valence-corrected chi connectivity index (χ4v) is 3.05. The molecule has 0 bridgehead atoms. The van der Waals surface area contributed by atoms with Crippen LogP contribution in [0.3, 0.4) is 0 Å². The number of imidazole rings is 1. The van der Waals surface area contributed by atoms with E-state index in [1.165, 1.54) is 11.3 Å². The van der Waals surface area contributed by atoms with Gasteiger partial charge in [-0.3, -0.25) is 4.40 Å². The molecule has 0 saturated heterocycles. The van der Waals surface area contributed by atoms with Gasteiger partial charge in [-0.15, -0.1) is 11.3 Å². The second-order valence-electron chi connectivity index (χ2n) is 4.92. The van der Waals surface area contributed by atoms with Gasteiger partial charge in [0.05, 0.1) is 23.5 Å². The average molecular weight is 317 g/mol. The number of benzene rings is 1. The van der Waals surface area contributed by atoms with Crippen molar-refractivity contribution in [1.82, 2.24) is 14.4 Å². The lowest BCUT2D eigenvalue weighted by atomic mass is 10.2. The second-order valence-corrected chi connectivity index (χ2v) is 5.78. The van der Waals surface area contributed by atoms with Gasteiger partial charge in [-0.2, -0.15) is 5.26 Å². The predicted octanol–water partition coefficient (Wildman–Crippen LogP) is 4.07. The number of thiazole rings is 1. The van der Waals surface area contributed by atoms with Crippen molar-refractivity contribution < 1.29 is 0 Å². The highest BCUT2D eigenvalue weighted by Gasteiger charge is 2.09. The second kappa shape index (κ2) is 5.55. The first-order valence-corrected chi connectivity index (χ1v) is 7.86. The van der Waals surface area contributed by atoms with Crippen LogP contribution < -0.4 is 5.32 Å². The van der Waals surface area contributed by atoms with Crippen LogP contribution in [0.25, 0.3) is 17.0 Å². The van der Waals surface area contributed by atoms with Crippen molar-refractivity contribution in [1.29, 1.82) is 5.26 Å². The summed E-state index contributed by atoms with van der Waals surface area (Å²) in [4.78, 5) is 9.01. The molecule has 4 rings (SSSR count). The number of anilines is 2. The minimum atomic E-state index is 0.640. The molecule has 3 heterocycles. The van der Waals surface area contributed by atoms with Crippen LogP contribution in [0.4, 0.5) is 10.8 Å². The molecule has 0 spiro atoms. The molecule has 110 valence electrons. The third-order valence-electron chi connectivity index (χ3n) is 3.45. The first-order chi connectivity index (χ1) is 11.3. The number of nitrogens with zero attached hydrogens (tertiary/aromatic N) is 4. The molecule has 0 atom stereocenters. The van der Waals surface area contributed by atoms with Crippen LogP contribution in [0.2, 0.25) is 0 Å². The predicted molar refractivity (Wildman–Crippen MR) is 90.7 cm³/mol. The van der Waals surface area contributed by atoms with Gasteiger partial charge >= 0.3 is 0 Å². The van der Waals surface area contributed by atoms with Crippen LogP contribution in [0.15, 0.2) is 60.2 Å². The van der Waals surface area contributed by atoms with Gasteiger partial charge in [0.25, 0.3) is 0 Å². The van der Waals surface area contributed by atoms with E-state index in [-0.39, 0.29) is 0 Å². The van der Waals surface area contributed by atoms with Crippen LogP contribution >= 0.6 is 11.3 Å². The summed E-state index contributed by atoms with van der Waals surface area (Å²) in [6.45, 7) is 0. The normalized spacial score (nSPS) is 10.6. The standard InChI is InChI=1S/C17H11N5S/c18-9-12-4-6-13(7-5-12)20-17-21-14(11-23-17)15-10-19-16-3-1-2-8-22(15)16/h1-8,10-11H,(H,20,21). The lowest BCUT2D eigenvalue weighted by Gasteiger charge is -2.02. The molecule has 3 aromatic heterocycles. The Labute approximate surface area is 136 Å². The molecule has 0 aliphatic heterocycles. The molecule has 0 amide bonds. The summed E-state index contributed by atoms with van der Waals surface area (Å²) in [6.07, 6.45) is 3.81. The summed E-state index contributed by atoms with van der Waals surface area (Å²) in [5.74, 6) is 0. The van der Waals surface area contributed by atoms with Crippen LogP contribution in [-0.4, -0.2) is 14.4 Å². The largest absolute Gasteiger partial charge is 0.332 e. The lowest BCUT2D eigenvalue weighted by molar-refractivity contribution is 1.18. The molecule has 1 aromatic carbocycles. The van der Waals surface area contributed by atoms with Gasteiger partial charge in [-0.1, -0.05) is 6.07 Å². The molecule has 0 aliphatic rings. The molecule has 4 aromatic rings. The third-order valence-corrected chi connectivity index (χ3v) is 4.21. The van der Waals surface area contributed by atoms with E-state index in [1.54, 1.807) is 12.1 Å². The molecule has 5 nitrogen and oxygen atoms in total. The molecular formula is C17H11N5S. The number of nitrogens with one attached hydrogen (secondary N) is 1. The van der Waals surface area contributed by atoms with Crippen LogP contribution in [0.5, 0.6) is 0 Å². The smallest absolute Gasteiger partial charge is 0.187 e. The Hall–Kier alpha value is -3.17. The van der Waals surface area contributed by atoms with E-state index in [4.69, 9.17) is 5.26 Å². The lowest BCUT2D eigenvalue weighted by Crippen LogP contribution is -1.91. The summed E-state index contributed by atoms with van der Waals surface area (Å²) < 4.78 is 2.01. The Bertz CT molecular complexity index is 1010. The van der Waals surface area contributed by atoms with Gasteiger partial charge in [0.1, 0.15) is 11.3 Å². The van der Waals surface area contributed by atoms with Gasteiger partial charge in [0.2, 0.25) is 0 Å². The zero-order chi connectivity index (χ0) is 15.6. The zero-order valence-electron chi connectivity index (χ0n) is 12.0. The number of fused-ring (bicyclic) bond motifs is 1. The average Bonchev–Trinajstić information content (AvgIpc) is 3.22. The zero-order valence-corrected chi connectivity index (χ0v) is 12.8. The molecule has 23 heavy (non-hydrogen) atoms. The molecule has 0 saturated carbocycles. The van der Waals surface area contributed by atoms with E-state index in [0.717, 1.165) is 27.9 Å². The Morgan fingerprint density at radius 1 is 1.13 bits per heavy atom. The van der Waals surface area contributed by atoms with Crippen LogP contribution in [-0.2, 0) is 0 Å². The Morgan fingerprint density at radius 2 is 2.00 bits per heavy atom. The number of hydrogen-bond donors (Lipinski definition) is 1. The summed E-state index contributed by atoms with van der Waals surface area (Å²) >= 11 is 1.53. The van der Waals surface area contributed by atoms with E-state index in [2.05, 4.69) is 21.4 Å². The minimum absolute atomic E-state index is 0.640. The highest BCUT2D eigenvalue weighted by atomic mass is 32.1. The first kappa shape index (κ1) is 13.5. The topological polar surface area (TPSA) is 66.0 Å². The van der Waals surface area contributed by atoms with E-state index >= 15 is 0 Å². The van der Waals surface area contributed by atoms with Crippen molar-refractivity contribution in [2.24, 2.45) is 0 Å². The monoisotopic (exact) mass is 317 g/mol. The van der Waals surface area contributed by atoms with E-state index in [1.807, 2.05) is 52.5 Å². The number of rotatable bonds is 3. The van der Waals surface area contributed by atoms with Gasteiger partial charge in [0, 0.05) is 17.3 Å². The Kier molecular flexibility index (Phi) is 3.26. The van der Waals surface area contributed by atoms with Crippen molar-refractivity contribution in [2.75, 3.05) is 5.32 Å². The molecule has 0 unspecified atom stereocenters. The highest BCUT2D eigenvalue weighted by Crippen LogP contribution is 2.27. The maximum absolute atomic E-state index is 8.82. The Balaban J connectivity index is 1.62. The third kappa shape index (κ3) is 2.54. The van der Waals surface area contributed by atoms with Crippen molar-refractivity contribution in [2.45, 2.75) is 0 Å².